The predicted octanol–water partition coefficient (Wildman–Crippen LogP) is 12.4. The first-order chi connectivity index (χ1) is 20.9. The minimum atomic E-state index is 0.205. The van der Waals surface area contributed by atoms with Gasteiger partial charge in [0.1, 0.15) is 0 Å². The first-order valence-corrected chi connectivity index (χ1v) is 18.7. The van der Waals surface area contributed by atoms with E-state index < -0.39 is 0 Å². The highest BCUT2D eigenvalue weighted by atomic mass is 16.5. The smallest absolute Gasteiger partial charge is 0.0861 e. The molecule has 0 aliphatic heterocycles. The Hall–Kier alpha value is -1.60. The topological polar surface area (TPSA) is 9.23 Å². The summed E-state index contributed by atoms with van der Waals surface area (Å²) in [6, 6.07) is 18.8. The van der Waals surface area contributed by atoms with E-state index >= 15 is 0 Å². The van der Waals surface area contributed by atoms with Crippen molar-refractivity contribution < 1.29 is 4.74 Å². The van der Waals surface area contributed by atoms with Gasteiger partial charge in [0, 0.05) is 0 Å². The quantitative estimate of drug-likeness (QED) is 0.301. The third-order valence-corrected chi connectivity index (χ3v) is 13.0. The molecule has 0 heterocycles. The first kappa shape index (κ1) is 31.4. The van der Waals surface area contributed by atoms with Crippen LogP contribution in [0.25, 0.3) is 0 Å². The molecule has 0 amide bonds. The van der Waals surface area contributed by atoms with Crippen LogP contribution in [-0.4, -0.2) is 0 Å². The fourth-order valence-corrected chi connectivity index (χ4v) is 9.95. The Labute approximate surface area is 265 Å². The second-order valence-electron chi connectivity index (χ2n) is 16.2. The van der Waals surface area contributed by atoms with Gasteiger partial charge in [-0.25, -0.2) is 0 Å². The molecule has 236 valence electrons. The zero-order valence-electron chi connectivity index (χ0n) is 28.1. The lowest BCUT2D eigenvalue weighted by Gasteiger charge is -2.43. The fourth-order valence-electron chi connectivity index (χ4n) is 9.95. The Bertz CT molecular complexity index is 995. The molecule has 0 aromatic heterocycles. The monoisotopic (exact) mass is 582 g/mol. The van der Waals surface area contributed by atoms with Gasteiger partial charge in [0.05, 0.1) is 12.2 Å². The van der Waals surface area contributed by atoms with Crippen LogP contribution in [0, 0.1) is 61.2 Å². The van der Waals surface area contributed by atoms with E-state index in [9.17, 15) is 0 Å². The second kappa shape index (κ2) is 14.7. The van der Waals surface area contributed by atoms with Crippen molar-refractivity contribution in [3.05, 3.63) is 70.8 Å². The standard InChI is InChI=1S/C42H62O/c1-29-5-13-33(14-6-29)35-21-25-39(26-22-35)41(37-17-9-31(3)10-18-37)43-42(38-19-11-32(4)12-20-38)40-27-23-36(24-28-40)34-15-7-30(2)8-16-34/h9-12,17-20,29-30,33-36,39-42H,5-8,13-16,21-28H2,1-4H3/t29-,30-,33-,34-,35-,36-,39-,40-,41?,42?. The van der Waals surface area contributed by atoms with Crippen molar-refractivity contribution in [3.8, 4) is 0 Å². The largest absolute Gasteiger partial charge is 0.365 e. The molecule has 6 rings (SSSR count). The van der Waals surface area contributed by atoms with Gasteiger partial charge in [0.25, 0.3) is 0 Å². The van der Waals surface area contributed by atoms with Crippen LogP contribution < -0.4 is 0 Å². The summed E-state index contributed by atoms with van der Waals surface area (Å²) in [6.07, 6.45) is 23.2. The van der Waals surface area contributed by atoms with Gasteiger partial charge >= 0.3 is 0 Å². The molecule has 4 aliphatic rings. The normalized spacial score (nSPS) is 35.3. The number of hydrogen-bond donors (Lipinski definition) is 0. The van der Waals surface area contributed by atoms with Gasteiger partial charge in [0.15, 0.2) is 0 Å². The minimum Gasteiger partial charge on any atom is -0.365 e. The minimum absolute atomic E-state index is 0.205. The van der Waals surface area contributed by atoms with Crippen molar-refractivity contribution in [2.45, 2.75) is 143 Å². The summed E-state index contributed by atoms with van der Waals surface area (Å²) in [6.45, 7) is 9.36. The van der Waals surface area contributed by atoms with Crippen molar-refractivity contribution >= 4 is 0 Å². The molecule has 4 aliphatic carbocycles. The van der Waals surface area contributed by atoms with Crippen molar-refractivity contribution in [1.29, 1.82) is 0 Å². The molecule has 2 aromatic carbocycles. The molecule has 0 radical (unpaired) electrons. The van der Waals surface area contributed by atoms with Crippen LogP contribution in [0.3, 0.4) is 0 Å². The third kappa shape index (κ3) is 7.98. The zero-order chi connectivity index (χ0) is 29.8. The van der Waals surface area contributed by atoms with Crippen molar-refractivity contribution in [2.75, 3.05) is 0 Å². The second-order valence-corrected chi connectivity index (χ2v) is 16.2. The first-order valence-electron chi connectivity index (χ1n) is 18.7. The summed E-state index contributed by atoms with van der Waals surface area (Å²) < 4.78 is 7.57. The van der Waals surface area contributed by atoms with E-state index in [1.165, 1.54) is 125 Å². The van der Waals surface area contributed by atoms with Gasteiger partial charge in [-0.15, -0.1) is 0 Å². The van der Waals surface area contributed by atoms with Gasteiger partial charge in [-0.1, -0.05) is 99.2 Å². The van der Waals surface area contributed by atoms with E-state index in [1.807, 2.05) is 0 Å². The summed E-state index contributed by atoms with van der Waals surface area (Å²) in [4.78, 5) is 0. The van der Waals surface area contributed by atoms with Gasteiger partial charge in [-0.2, -0.15) is 0 Å². The molecule has 4 fully saturated rings. The predicted molar refractivity (Wildman–Crippen MR) is 182 cm³/mol. The summed E-state index contributed by atoms with van der Waals surface area (Å²) in [5.41, 5.74) is 5.54. The van der Waals surface area contributed by atoms with Crippen molar-refractivity contribution in [3.63, 3.8) is 0 Å². The van der Waals surface area contributed by atoms with Gasteiger partial charge in [-0.05, 0) is 149 Å². The summed E-state index contributed by atoms with van der Waals surface area (Å²) in [7, 11) is 0. The van der Waals surface area contributed by atoms with E-state index in [0.29, 0.717) is 11.8 Å². The molecule has 2 unspecified atom stereocenters. The van der Waals surface area contributed by atoms with E-state index in [0.717, 1.165) is 35.5 Å². The Morgan fingerprint density at radius 2 is 0.698 bits per heavy atom. The molecular formula is C42H62O. The molecule has 1 nitrogen and oxygen atoms in total. The highest BCUT2D eigenvalue weighted by Gasteiger charge is 2.38. The van der Waals surface area contributed by atoms with E-state index in [1.54, 1.807) is 0 Å². The van der Waals surface area contributed by atoms with Crippen LogP contribution >= 0.6 is 0 Å². The lowest BCUT2D eigenvalue weighted by atomic mass is 9.67. The number of hydrogen-bond acceptors (Lipinski definition) is 1. The molecule has 43 heavy (non-hydrogen) atoms. The van der Waals surface area contributed by atoms with E-state index in [4.69, 9.17) is 4.74 Å². The molecule has 0 spiro atoms. The van der Waals surface area contributed by atoms with Crippen LogP contribution in [0.5, 0.6) is 0 Å². The number of benzene rings is 2. The average Bonchev–Trinajstić information content (AvgIpc) is 3.04. The number of rotatable bonds is 8. The molecule has 1 heteroatoms. The SMILES string of the molecule is Cc1ccc(C(OC(c2ccc(C)cc2)[C@H]2CC[C@H]([C@H]3CC[C@H](C)CC3)CC2)[C@H]2CC[C@H]([C@H]3CC[C@H](C)CC3)CC2)cc1. The summed E-state index contributed by atoms with van der Waals surface area (Å²) >= 11 is 0. The van der Waals surface area contributed by atoms with Crippen LogP contribution in [0.15, 0.2) is 48.5 Å². The van der Waals surface area contributed by atoms with Gasteiger partial charge < -0.3 is 4.74 Å². The van der Waals surface area contributed by atoms with E-state index in [-0.39, 0.29) is 12.2 Å². The maximum atomic E-state index is 7.57. The molecule has 0 bridgehead atoms. The molecule has 0 saturated heterocycles. The van der Waals surface area contributed by atoms with Crippen LogP contribution in [0.1, 0.15) is 151 Å². The summed E-state index contributed by atoms with van der Waals surface area (Å²) in [5.74, 6) is 7.04. The summed E-state index contributed by atoms with van der Waals surface area (Å²) in [5, 5.41) is 0. The molecule has 4 saturated carbocycles. The van der Waals surface area contributed by atoms with Gasteiger partial charge in [0.2, 0.25) is 0 Å². The Morgan fingerprint density at radius 1 is 0.419 bits per heavy atom. The van der Waals surface area contributed by atoms with Crippen molar-refractivity contribution in [2.24, 2.45) is 47.3 Å². The number of aryl methyl sites for hydroxylation is 2. The highest BCUT2D eigenvalue weighted by molar-refractivity contribution is 5.26. The fraction of sp³-hybridized carbons (Fsp3) is 0.714. The number of ether oxygens (including phenoxy) is 1. The lowest BCUT2D eigenvalue weighted by Crippen LogP contribution is -2.31. The van der Waals surface area contributed by atoms with Crippen molar-refractivity contribution in [1.82, 2.24) is 0 Å². The molecular weight excluding hydrogens is 520 g/mol. The average molecular weight is 583 g/mol. The van der Waals surface area contributed by atoms with Crippen LogP contribution in [-0.2, 0) is 4.74 Å². The third-order valence-electron chi connectivity index (χ3n) is 13.0. The van der Waals surface area contributed by atoms with Crippen LogP contribution in [0.2, 0.25) is 0 Å². The Balaban J connectivity index is 1.18. The molecule has 2 aromatic rings. The molecule has 0 N–H and O–H groups in total. The Kier molecular flexibility index (Phi) is 10.7. The van der Waals surface area contributed by atoms with E-state index in [2.05, 4.69) is 76.2 Å². The maximum Gasteiger partial charge on any atom is 0.0861 e. The maximum absolute atomic E-state index is 7.57. The Morgan fingerprint density at radius 3 is 1.00 bits per heavy atom. The lowest BCUT2D eigenvalue weighted by molar-refractivity contribution is -0.0934. The van der Waals surface area contributed by atoms with Gasteiger partial charge in [-0.3, -0.25) is 0 Å². The zero-order valence-corrected chi connectivity index (χ0v) is 28.1. The van der Waals surface area contributed by atoms with Crippen LogP contribution in [0.4, 0.5) is 0 Å². The highest BCUT2D eigenvalue weighted by Crippen LogP contribution is 2.50. The molecule has 2 atom stereocenters.